The number of nitrogens with zero attached hydrogens (tertiary/aromatic N) is 1. The molecule has 26 heavy (non-hydrogen) atoms. The van der Waals surface area contributed by atoms with Crippen molar-refractivity contribution < 1.29 is 14.3 Å². The van der Waals surface area contributed by atoms with E-state index in [1.807, 2.05) is 48.7 Å². The third-order valence-electron chi connectivity index (χ3n) is 3.84. The maximum Gasteiger partial charge on any atom is 0.307 e. The van der Waals surface area contributed by atoms with Crippen molar-refractivity contribution in [2.75, 3.05) is 7.11 Å². The van der Waals surface area contributed by atoms with Crippen LogP contribution in [0.3, 0.4) is 0 Å². The van der Waals surface area contributed by atoms with Crippen LogP contribution in [0.15, 0.2) is 48.0 Å². The molecule has 0 fully saturated rings. The molecular formula is C19H18N2O3S2. The fourth-order valence-corrected chi connectivity index (χ4v) is 4.05. The van der Waals surface area contributed by atoms with Crippen molar-refractivity contribution in [3.05, 3.63) is 64.0 Å². The number of methoxy groups -OCH3 is 1. The third kappa shape index (κ3) is 4.36. The Balaban J connectivity index is 1.78. The van der Waals surface area contributed by atoms with E-state index >= 15 is 0 Å². The number of carbonyl (C=O) groups excluding carboxylic acids is 2. The zero-order chi connectivity index (χ0) is 18.5. The molecule has 1 amide bonds. The Labute approximate surface area is 159 Å². The second-order valence-corrected chi connectivity index (χ2v) is 7.70. The summed E-state index contributed by atoms with van der Waals surface area (Å²) in [7, 11) is 1.34. The summed E-state index contributed by atoms with van der Waals surface area (Å²) >= 11 is 2.91. The first kappa shape index (κ1) is 18.3. The van der Waals surface area contributed by atoms with Crippen molar-refractivity contribution in [2.45, 2.75) is 19.4 Å². The molecule has 0 radical (unpaired) electrons. The van der Waals surface area contributed by atoms with Gasteiger partial charge in [-0.1, -0.05) is 35.9 Å². The Hall–Kier alpha value is -2.51. The highest BCUT2D eigenvalue weighted by atomic mass is 32.1. The predicted octanol–water partition coefficient (Wildman–Crippen LogP) is 4.21. The molecule has 0 aliphatic heterocycles. The topological polar surface area (TPSA) is 68.3 Å². The number of aromatic nitrogens is 1. The molecule has 0 spiro atoms. The molecule has 1 unspecified atom stereocenters. The van der Waals surface area contributed by atoms with E-state index in [9.17, 15) is 9.59 Å². The van der Waals surface area contributed by atoms with Gasteiger partial charge in [0.2, 0.25) is 0 Å². The van der Waals surface area contributed by atoms with Crippen molar-refractivity contribution in [3.8, 4) is 9.88 Å². The molecule has 3 aromatic rings. The maximum absolute atomic E-state index is 12.7. The first-order valence-corrected chi connectivity index (χ1v) is 9.70. The number of hydrogen-bond donors (Lipinski definition) is 1. The standard InChI is InChI=1S/C19H18N2O3S2/c1-12-5-7-13(8-6-12)14(10-17(22)24-2)21-18(23)16-11-20-19(26-16)15-4-3-9-25-15/h3-9,11,14H,10H2,1-2H3,(H,21,23). The molecule has 3 rings (SSSR count). The lowest BCUT2D eigenvalue weighted by atomic mass is 10.0. The lowest BCUT2D eigenvalue weighted by Gasteiger charge is -2.18. The molecule has 7 heteroatoms. The number of rotatable bonds is 6. The number of nitrogens with one attached hydrogen (secondary N) is 1. The summed E-state index contributed by atoms with van der Waals surface area (Å²) in [6.45, 7) is 1.99. The van der Waals surface area contributed by atoms with Gasteiger partial charge in [-0.25, -0.2) is 4.98 Å². The van der Waals surface area contributed by atoms with Crippen molar-refractivity contribution >= 4 is 34.6 Å². The Kier molecular flexibility index (Phi) is 5.80. The van der Waals surface area contributed by atoms with Crippen LogP contribution in [0.25, 0.3) is 9.88 Å². The highest BCUT2D eigenvalue weighted by molar-refractivity contribution is 7.21. The van der Waals surface area contributed by atoms with Gasteiger partial charge in [-0.05, 0) is 23.9 Å². The third-order valence-corrected chi connectivity index (χ3v) is 5.88. The van der Waals surface area contributed by atoms with E-state index in [1.165, 1.54) is 18.4 Å². The molecule has 0 bridgehead atoms. The summed E-state index contributed by atoms with van der Waals surface area (Å²) in [6, 6.07) is 11.2. The van der Waals surface area contributed by atoms with Crippen LogP contribution in [-0.4, -0.2) is 24.0 Å². The second kappa shape index (κ2) is 8.25. The van der Waals surface area contributed by atoms with E-state index in [2.05, 4.69) is 10.3 Å². The zero-order valence-corrected chi connectivity index (χ0v) is 16.0. The van der Waals surface area contributed by atoms with Crippen LogP contribution in [0.4, 0.5) is 0 Å². The normalized spacial score (nSPS) is 11.8. The first-order chi connectivity index (χ1) is 12.6. The molecule has 2 aromatic heterocycles. The molecule has 134 valence electrons. The number of benzene rings is 1. The number of carbonyl (C=O) groups is 2. The number of thiophene rings is 1. The van der Waals surface area contributed by atoms with E-state index in [4.69, 9.17) is 4.74 Å². The van der Waals surface area contributed by atoms with Gasteiger partial charge in [0.1, 0.15) is 9.88 Å². The van der Waals surface area contributed by atoms with Crippen LogP contribution >= 0.6 is 22.7 Å². The molecule has 0 aliphatic rings. The van der Waals surface area contributed by atoms with Crippen LogP contribution < -0.4 is 5.32 Å². The number of ether oxygens (including phenoxy) is 1. The first-order valence-electron chi connectivity index (χ1n) is 8.01. The van der Waals surface area contributed by atoms with Gasteiger partial charge in [-0.15, -0.1) is 22.7 Å². The summed E-state index contributed by atoms with van der Waals surface area (Å²) < 4.78 is 4.77. The molecule has 1 N–H and O–H groups in total. The Bertz CT molecular complexity index is 886. The summed E-state index contributed by atoms with van der Waals surface area (Å²) in [4.78, 5) is 30.3. The van der Waals surface area contributed by atoms with Gasteiger partial charge in [0.25, 0.3) is 5.91 Å². The van der Waals surface area contributed by atoms with Crippen LogP contribution in [0, 0.1) is 6.92 Å². The SMILES string of the molecule is COC(=O)CC(NC(=O)c1cnc(-c2cccs2)s1)c1ccc(C)cc1. The van der Waals surface area contributed by atoms with Crippen molar-refractivity contribution in [2.24, 2.45) is 0 Å². The van der Waals surface area contributed by atoms with E-state index in [0.717, 1.165) is 21.0 Å². The Morgan fingerprint density at radius 3 is 2.65 bits per heavy atom. The number of hydrogen-bond acceptors (Lipinski definition) is 6. The quantitative estimate of drug-likeness (QED) is 0.644. The fourth-order valence-electron chi connectivity index (χ4n) is 2.42. The zero-order valence-electron chi connectivity index (χ0n) is 14.4. The monoisotopic (exact) mass is 386 g/mol. The summed E-state index contributed by atoms with van der Waals surface area (Å²) in [5.74, 6) is -0.626. The van der Waals surface area contributed by atoms with Gasteiger partial charge >= 0.3 is 5.97 Å². The van der Waals surface area contributed by atoms with Gasteiger partial charge in [0, 0.05) is 0 Å². The molecule has 1 aromatic carbocycles. The van der Waals surface area contributed by atoms with Crippen LogP contribution in [0.1, 0.15) is 33.3 Å². The second-order valence-electron chi connectivity index (χ2n) is 5.72. The summed E-state index contributed by atoms with van der Waals surface area (Å²) in [6.07, 6.45) is 1.64. The number of aryl methyl sites for hydroxylation is 1. The molecular weight excluding hydrogens is 368 g/mol. The maximum atomic E-state index is 12.7. The molecule has 0 aliphatic carbocycles. The minimum Gasteiger partial charge on any atom is -0.469 e. The van der Waals surface area contributed by atoms with Crippen LogP contribution in [-0.2, 0) is 9.53 Å². The number of esters is 1. The smallest absolute Gasteiger partial charge is 0.307 e. The van der Waals surface area contributed by atoms with Crippen molar-refractivity contribution in [3.63, 3.8) is 0 Å². The minimum absolute atomic E-state index is 0.0713. The number of thiazole rings is 1. The number of amides is 1. The fraction of sp³-hybridized carbons (Fsp3) is 0.211. The molecule has 1 atom stereocenters. The summed E-state index contributed by atoms with van der Waals surface area (Å²) in [5.41, 5.74) is 1.97. The minimum atomic E-state index is -0.456. The van der Waals surface area contributed by atoms with Gasteiger partial charge in [0.15, 0.2) is 0 Å². The van der Waals surface area contributed by atoms with Crippen molar-refractivity contribution in [1.29, 1.82) is 0 Å². The van der Waals surface area contributed by atoms with Crippen LogP contribution in [0.2, 0.25) is 0 Å². The molecule has 0 saturated heterocycles. The Morgan fingerprint density at radius 1 is 1.23 bits per heavy atom. The Morgan fingerprint density at radius 2 is 2.00 bits per heavy atom. The van der Waals surface area contributed by atoms with E-state index < -0.39 is 6.04 Å². The van der Waals surface area contributed by atoms with Gasteiger partial charge in [-0.2, -0.15) is 0 Å². The van der Waals surface area contributed by atoms with Gasteiger partial charge < -0.3 is 10.1 Å². The lowest BCUT2D eigenvalue weighted by molar-refractivity contribution is -0.141. The highest BCUT2D eigenvalue weighted by Gasteiger charge is 2.21. The van der Waals surface area contributed by atoms with E-state index in [1.54, 1.807) is 17.5 Å². The van der Waals surface area contributed by atoms with Gasteiger partial charge in [-0.3, -0.25) is 9.59 Å². The van der Waals surface area contributed by atoms with Crippen LogP contribution in [0.5, 0.6) is 0 Å². The average molecular weight is 386 g/mol. The predicted molar refractivity (Wildman–Crippen MR) is 103 cm³/mol. The summed E-state index contributed by atoms with van der Waals surface area (Å²) in [5, 5.41) is 5.71. The highest BCUT2D eigenvalue weighted by Crippen LogP contribution is 2.29. The largest absolute Gasteiger partial charge is 0.469 e. The van der Waals surface area contributed by atoms with Gasteiger partial charge in [0.05, 0.1) is 30.6 Å². The van der Waals surface area contributed by atoms with E-state index in [0.29, 0.717) is 4.88 Å². The van der Waals surface area contributed by atoms with E-state index in [-0.39, 0.29) is 18.3 Å². The molecule has 5 nitrogen and oxygen atoms in total. The van der Waals surface area contributed by atoms with Crippen molar-refractivity contribution in [1.82, 2.24) is 10.3 Å². The molecule has 0 saturated carbocycles. The lowest BCUT2D eigenvalue weighted by Crippen LogP contribution is -2.30. The molecule has 2 heterocycles. The average Bonchev–Trinajstić information content (AvgIpc) is 3.33.